The van der Waals surface area contributed by atoms with Gasteiger partial charge in [-0.1, -0.05) is 32.0 Å². The minimum absolute atomic E-state index is 0.0343. The van der Waals surface area contributed by atoms with Gasteiger partial charge in [0.25, 0.3) is 5.91 Å². The number of hydrogen-bond donors (Lipinski definition) is 3. The first-order valence-electron chi connectivity index (χ1n) is 8.85. The van der Waals surface area contributed by atoms with Crippen molar-refractivity contribution in [3.8, 4) is 0 Å². The Kier molecular flexibility index (Phi) is 5.99. The van der Waals surface area contributed by atoms with E-state index in [0.717, 1.165) is 42.7 Å². The van der Waals surface area contributed by atoms with E-state index in [1.807, 2.05) is 26.0 Å². The molecule has 0 saturated carbocycles. The van der Waals surface area contributed by atoms with Gasteiger partial charge in [0.05, 0.1) is 13.1 Å². The van der Waals surface area contributed by atoms with Gasteiger partial charge in [-0.05, 0) is 30.9 Å². The van der Waals surface area contributed by atoms with Crippen molar-refractivity contribution in [2.24, 2.45) is 11.7 Å². The molecule has 0 radical (unpaired) electrons. The molecule has 1 saturated heterocycles. The Morgan fingerprint density at radius 2 is 1.83 bits per heavy atom. The number of anilines is 1. The van der Waals surface area contributed by atoms with E-state index in [4.69, 9.17) is 5.73 Å². The number of benzene rings is 1. The van der Waals surface area contributed by atoms with Crippen molar-refractivity contribution >= 4 is 17.5 Å². The Bertz CT molecular complexity index is 605. The minimum atomic E-state index is -0.215. The van der Waals surface area contributed by atoms with Crippen molar-refractivity contribution in [3.63, 3.8) is 0 Å². The number of hydrogen-bond acceptors (Lipinski definition) is 2. The second-order valence-electron chi connectivity index (χ2n) is 7.24. The average Bonchev–Trinajstić information content (AvgIpc) is 2.55. The molecule has 2 rings (SSSR count). The molecule has 1 heterocycles. The highest BCUT2D eigenvalue weighted by Gasteiger charge is 2.32. The molecular formula is C19H30N3O2+. The summed E-state index contributed by atoms with van der Waals surface area (Å²) in [5.74, 6) is 0.147. The third kappa shape index (κ3) is 4.15. The fraction of sp³-hybridized carbons (Fsp3) is 0.579. The summed E-state index contributed by atoms with van der Waals surface area (Å²) in [7, 11) is 0. The van der Waals surface area contributed by atoms with Crippen LogP contribution in [0, 0.1) is 12.8 Å². The van der Waals surface area contributed by atoms with Crippen LogP contribution in [0.3, 0.4) is 0 Å². The number of amides is 2. The first kappa shape index (κ1) is 18.5. The molecule has 4 N–H and O–H groups in total. The second-order valence-corrected chi connectivity index (χ2v) is 7.24. The summed E-state index contributed by atoms with van der Waals surface area (Å²) >= 11 is 0. The van der Waals surface area contributed by atoms with Gasteiger partial charge in [-0.15, -0.1) is 0 Å². The fourth-order valence-corrected chi connectivity index (χ4v) is 3.47. The summed E-state index contributed by atoms with van der Waals surface area (Å²) in [4.78, 5) is 25.2. The summed E-state index contributed by atoms with van der Waals surface area (Å²) in [6, 6.07) is 5.99. The number of para-hydroxylation sites is 1. The van der Waals surface area contributed by atoms with Gasteiger partial charge in [0.15, 0.2) is 6.04 Å². The molecule has 1 aliphatic heterocycles. The predicted octanol–water partition coefficient (Wildman–Crippen LogP) is 1.23. The normalized spacial score (nSPS) is 22.2. The summed E-state index contributed by atoms with van der Waals surface area (Å²) in [5.41, 5.74) is 8.58. The third-order valence-electron chi connectivity index (χ3n) is 5.21. The monoisotopic (exact) mass is 332 g/mol. The smallest absolute Gasteiger partial charge is 0.282 e. The van der Waals surface area contributed by atoms with Crippen molar-refractivity contribution in [1.29, 1.82) is 0 Å². The summed E-state index contributed by atoms with van der Waals surface area (Å²) in [6.07, 6.45) is 1.54. The molecule has 2 amide bonds. The maximum absolute atomic E-state index is 12.7. The van der Waals surface area contributed by atoms with E-state index in [0.29, 0.717) is 5.92 Å². The molecule has 0 unspecified atom stereocenters. The maximum Gasteiger partial charge on any atom is 0.282 e. The molecule has 1 atom stereocenters. The van der Waals surface area contributed by atoms with Crippen molar-refractivity contribution < 1.29 is 14.5 Å². The van der Waals surface area contributed by atoms with E-state index in [1.54, 1.807) is 0 Å². The van der Waals surface area contributed by atoms with Crippen LogP contribution in [0.25, 0.3) is 0 Å². The lowest BCUT2D eigenvalue weighted by atomic mass is 9.95. The van der Waals surface area contributed by atoms with Crippen LogP contribution in [0.2, 0.25) is 0 Å². The SMILES string of the molecule is Cc1cccc(C(C)C)c1NC(=O)[C@@H](C)[NH+]1CCC(C(N)=O)CC1. The number of aryl methyl sites for hydroxylation is 1. The van der Waals surface area contributed by atoms with Crippen molar-refractivity contribution in [2.45, 2.75) is 52.5 Å². The van der Waals surface area contributed by atoms with Crippen LogP contribution in [0.5, 0.6) is 0 Å². The van der Waals surface area contributed by atoms with Crippen LogP contribution >= 0.6 is 0 Å². The van der Waals surface area contributed by atoms with Gasteiger partial charge >= 0.3 is 0 Å². The molecule has 0 spiro atoms. The van der Waals surface area contributed by atoms with Crippen LogP contribution in [0.1, 0.15) is 50.7 Å². The van der Waals surface area contributed by atoms with E-state index in [2.05, 4.69) is 25.2 Å². The first-order chi connectivity index (χ1) is 11.3. The van der Waals surface area contributed by atoms with Crippen molar-refractivity contribution in [2.75, 3.05) is 18.4 Å². The lowest BCUT2D eigenvalue weighted by Crippen LogP contribution is -3.17. The zero-order valence-electron chi connectivity index (χ0n) is 15.2. The molecule has 1 aromatic rings. The Balaban J connectivity index is 2.04. The molecule has 1 aromatic carbocycles. The molecule has 5 nitrogen and oxygen atoms in total. The van der Waals surface area contributed by atoms with Crippen molar-refractivity contribution in [3.05, 3.63) is 29.3 Å². The molecular weight excluding hydrogens is 302 g/mol. The lowest BCUT2D eigenvalue weighted by Gasteiger charge is -2.31. The highest BCUT2D eigenvalue weighted by atomic mass is 16.2. The highest BCUT2D eigenvalue weighted by molar-refractivity contribution is 5.95. The van der Waals surface area contributed by atoms with Gasteiger partial charge < -0.3 is 16.0 Å². The highest BCUT2D eigenvalue weighted by Crippen LogP contribution is 2.27. The van der Waals surface area contributed by atoms with E-state index < -0.39 is 0 Å². The minimum Gasteiger partial charge on any atom is -0.369 e. The summed E-state index contributed by atoms with van der Waals surface area (Å²) in [5, 5.41) is 3.14. The van der Waals surface area contributed by atoms with Gasteiger partial charge in [0.1, 0.15) is 0 Å². The molecule has 132 valence electrons. The number of quaternary nitrogens is 1. The molecule has 1 fully saturated rings. The van der Waals surface area contributed by atoms with Crippen LogP contribution in [-0.4, -0.2) is 30.9 Å². The Labute approximate surface area is 144 Å². The average molecular weight is 332 g/mol. The summed E-state index contributed by atoms with van der Waals surface area (Å²) in [6.45, 7) is 9.88. The number of primary amides is 1. The first-order valence-corrected chi connectivity index (χ1v) is 8.85. The number of rotatable bonds is 5. The quantitative estimate of drug-likeness (QED) is 0.758. The zero-order chi connectivity index (χ0) is 17.9. The molecule has 0 aliphatic carbocycles. The van der Waals surface area contributed by atoms with Crippen LogP contribution in [0.4, 0.5) is 5.69 Å². The molecule has 5 heteroatoms. The third-order valence-corrected chi connectivity index (χ3v) is 5.21. The van der Waals surface area contributed by atoms with E-state index in [1.165, 1.54) is 4.90 Å². The fourth-order valence-electron chi connectivity index (χ4n) is 3.47. The molecule has 0 aromatic heterocycles. The van der Waals surface area contributed by atoms with Gasteiger partial charge in [0, 0.05) is 24.4 Å². The largest absolute Gasteiger partial charge is 0.369 e. The van der Waals surface area contributed by atoms with Crippen LogP contribution in [0.15, 0.2) is 18.2 Å². The van der Waals surface area contributed by atoms with Gasteiger partial charge in [0.2, 0.25) is 5.91 Å². The predicted molar refractivity (Wildman–Crippen MR) is 96.0 cm³/mol. The molecule has 0 bridgehead atoms. The van der Waals surface area contributed by atoms with E-state index >= 15 is 0 Å². The topological polar surface area (TPSA) is 76.6 Å². The Morgan fingerprint density at radius 3 is 2.38 bits per heavy atom. The number of likely N-dealkylation sites (tertiary alicyclic amines) is 1. The number of nitrogens with one attached hydrogen (secondary N) is 2. The molecule has 24 heavy (non-hydrogen) atoms. The second kappa shape index (κ2) is 7.79. The van der Waals surface area contributed by atoms with Gasteiger partial charge in [-0.2, -0.15) is 0 Å². The van der Waals surface area contributed by atoms with Crippen molar-refractivity contribution in [1.82, 2.24) is 0 Å². The Morgan fingerprint density at radius 1 is 1.21 bits per heavy atom. The van der Waals surface area contributed by atoms with Gasteiger partial charge in [-0.25, -0.2) is 0 Å². The van der Waals surface area contributed by atoms with Crippen LogP contribution < -0.4 is 16.0 Å². The number of piperidine rings is 1. The molecule has 1 aliphatic rings. The lowest BCUT2D eigenvalue weighted by molar-refractivity contribution is -0.919. The number of carbonyl (C=O) groups excluding carboxylic acids is 2. The standard InChI is InChI=1S/C19H29N3O2/c1-12(2)16-7-5-6-13(3)17(16)21-19(24)14(4)22-10-8-15(9-11-22)18(20)23/h5-7,12,14-15H,8-11H2,1-4H3,(H2,20,23)(H,21,24)/p+1/t14-/m1/s1. The van der Waals surface area contributed by atoms with E-state index in [9.17, 15) is 9.59 Å². The number of nitrogens with two attached hydrogens (primary N) is 1. The summed E-state index contributed by atoms with van der Waals surface area (Å²) < 4.78 is 0. The van der Waals surface area contributed by atoms with Gasteiger partial charge in [-0.3, -0.25) is 9.59 Å². The number of carbonyl (C=O) groups is 2. The maximum atomic E-state index is 12.7. The Hall–Kier alpha value is -1.88. The van der Waals surface area contributed by atoms with Crippen LogP contribution in [-0.2, 0) is 9.59 Å². The van der Waals surface area contributed by atoms with E-state index in [-0.39, 0.29) is 23.8 Å². The zero-order valence-corrected chi connectivity index (χ0v) is 15.2.